The number of ether oxygens (including phenoxy) is 2. The number of unbranched alkanes of at least 4 members (excludes halogenated alkanes) is 1. The van der Waals surface area contributed by atoms with Crippen molar-refractivity contribution in [3.8, 4) is 11.5 Å². The van der Waals surface area contributed by atoms with Gasteiger partial charge in [0.1, 0.15) is 11.9 Å². The lowest BCUT2D eigenvalue weighted by Crippen LogP contribution is -2.69. The molecule has 2 aromatic rings. The predicted molar refractivity (Wildman–Crippen MR) is 157 cm³/mol. The average molecular weight is 559 g/mol. The van der Waals surface area contributed by atoms with Crippen LogP contribution >= 0.6 is 0 Å². The number of hydrogen-bond acceptors (Lipinski definition) is 6. The Morgan fingerprint density at radius 2 is 1.85 bits per heavy atom. The number of likely N-dealkylation sites (N-methyl/N-ethyl adjacent to an activating group) is 1. The number of Topliss-reactive ketones (excluding diaryl/α,β-unsaturated/α-hetero) is 2. The number of rotatable bonds is 11. The average Bonchev–Trinajstić information content (AvgIpc) is 3.33. The van der Waals surface area contributed by atoms with Crippen LogP contribution in [0.4, 0.5) is 0 Å². The maximum atomic E-state index is 13.7. The molecular formula is C34H42N2O5. The zero-order valence-electron chi connectivity index (χ0n) is 24.6. The Morgan fingerprint density at radius 3 is 2.59 bits per heavy atom. The van der Waals surface area contributed by atoms with Crippen LogP contribution in [-0.4, -0.2) is 72.2 Å². The summed E-state index contributed by atoms with van der Waals surface area (Å²) >= 11 is 0. The summed E-state index contributed by atoms with van der Waals surface area (Å²) in [7, 11) is 1.70. The van der Waals surface area contributed by atoms with E-state index >= 15 is 0 Å². The highest BCUT2D eigenvalue weighted by Gasteiger charge is 2.66. The van der Waals surface area contributed by atoms with Crippen molar-refractivity contribution >= 4 is 17.5 Å². The second kappa shape index (κ2) is 11.2. The third-order valence-corrected chi connectivity index (χ3v) is 10.2. The standard InChI is InChI=1S/C34H42N2O5/c1-4-36(30(39)13-9-8-12-28(38)23-10-6-5-7-11-23)26-16-15-25-27-20-24-14-17-29(40-3)32-31(24)34(25,33(26)41-32)18-19-35(27)21-22(2)37/h5-7,10-11,14,17,25-27,33H,4,8-9,12-13,15-16,18-21H2,1-3H3/t25-,26-,27+,33-,34-/m0/s1. The lowest BCUT2D eigenvalue weighted by atomic mass is 9.51. The van der Waals surface area contributed by atoms with Crippen molar-refractivity contribution in [2.24, 2.45) is 5.92 Å². The number of likely N-dealkylation sites (tertiary alicyclic amines) is 1. The first-order chi connectivity index (χ1) is 19.9. The Kier molecular flexibility index (Phi) is 7.66. The van der Waals surface area contributed by atoms with Crippen molar-refractivity contribution in [3.05, 3.63) is 59.2 Å². The molecule has 2 aromatic carbocycles. The highest BCUT2D eigenvalue weighted by atomic mass is 16.5. The molecule has 0 N–H and O–H groups in total. The minimum absolute atomic E-state index is 0.0160. The Bertz CT molecular complexity index is 1330. The van der Waals surface area contributed by atoms with Gasteiger partial charge in [0.25, 0.3) is 0 Å². The maximum absolute atomic E-state index is 13.7. The van der Waals surface area contributed by atoms with Crippen LogP contribution < -0.4 is 9.47 Å². The monoisotopic (exact) mass is 558 g/mol. The number of methoxy groups -OCH3 is 1. The SMILES string of the molecule is CCN(C(=O)CCCCC(=O)c1ccccc1)[C@H]1CC[C@H]2[C@H]3Cc4ccc(OC)c5c4[C@@]2(CCN3CC(C)=O)[C@H]1O5. The lowest BCUT2D eigenvalue weighted by molar-refractivity contribution is -0.143. The van der Waals surface area contributed by atoms with E-state index in [1.807, 2.05) is 36.4 Å². The number of hydrogen-bond donors (Lipinski definition) is 0. The van der Waals surface area contributed by atoms with Gasteiger partial charge in [0, 0.05) is 42.0 Å². The van der Waals surface area contributed by atoms with Crippen LogP contribution in [-0.2, 0) is 21.4 Å². The lowest BCUT2D eigenvalue weighted by Gasteiger charge is -2.60. The summed E-state index contributed by atoms with van der Waals surface area (Å²) in [5.74, 6) is 2.51. The third-order valence-electron chi connectivity index (χ3n) is 10.2. The van der Waals surface area contributed by atoms with Crippen molar-refractivity contribution in [3.63, 3.8) is 0 Å². The number of carbonyl (C=O) groups is 3. The minimum Gasteiger partial charge on any atom is -0.493 e. The largest absolute Gasteiger partial charge is 0.493 e. The molecule has 0 unspecified atom stereocenters. The van der Waals surface area contributed by atoms with Crippen LogP contribution in [0.25, 0.3) is 0 Å². The fourth-order valence-electron chi connectivity index (χ4n) is 8.62. The molecule has 2 bridgehead atoms. The zero-order valence-corrected chi connectivity index (χ0v) is 24.6. The molecule has 218 valence electrons. The number of ketones is 2. The second-order valence-electron chi connectivity index (χ2n) is 12.3. The molecule has 2 heterocycles. The number of amides is 1. The van der Waals surface area contributed by atoms with Crippen LogP contribution in [0.15, 0.2) is 42.5 Å². The van der Waals surface area contributed by atoms with Gasteiger partial charge in [-0.3, -0.25) is 19.3 Å². The summed E-state index contributed by atoms with van der Waals surface area (Å²) in [5.41, 5.74) is 3.17. The highest BCUT2D eigenvalue weighted by molar-refractivity contribution is 5.96. The van der Waals surface area contributed by atoms with Crippen LogP contribution in [0, 0.1) is 5.92 Å². The van der Waals surface area contributed by atoms with Crippen molar-refractivity contribution in [1.82, 2.24) is 9.80 Å². The van der Waals surface area contributed by atoms with E-state index in [0.717, 1.165) is 49.3 Å². The summed E-state index contributed by atoms with van der Waals surface area (Å²) in [5, 5.41) is 0. The molecule has 41 heavy (non-hydrogen) atoms. The summed E-state index contributed by atoms with van der Waals surface area (Å²) in [6, 6.07) is 13.9. The molecular weight excluding hydrogens is 516 g/mol. The van der Waals surface area contributed by atoms with Gasteiger partial charge in [0.15, 0.2) is 17.3 Å². The highest BCUT2D eigenvalue weighted by Crippen LogP contribution is 2.64. The van der Waals surface area contributed by atoms with Crippen molar-refractivity contribution < 1.29 is 23.9 Å². The molecule has 0 radical (unpaired) electrons. The van der Waals surface area contributed by atoms with E-state index in [1.54, 1.807) is 14.0 Å². The van der Waals surface area contributed by atoms with Gasteiger partial charge in [-0.15, -0.1) is 0 Å². The van der Waals surface area contributed by atoms with Crippen LogP contribution in [0.1, 0.15) is 80.3 Å². The van der Waals surface area contributed by atoms with Crippen molar-refractivity contribution in [2.45, 2.75) is 88.8 Å². The van der Waals surface area contributed by atoms with Crippen LogP contribution in [0.2, 0.25) is 0 Å². The molecule has 1 amide bonds. The molecule has 4 aliphatic rings. The van der Waals surface area contributed by atoms with E-state index in [1.165, 1.54) is 11.1 Å². The van der Waals surface area contributed by atoms with Gasteiger partial charge in [-0.25, -0.2) is 0 Å². The third kappa shape index (κ3) is 4.66. The molecule has 2 fully saturated rings. The Labute approximate surface area is 243 Å². The molecule has 1 saturated carbocycles. The van der Waals surface area contributed by atoms with E-state index in [0.29, 0.717) is 50.7 Å². The molecule has 5 atom stereocenters. The number of nitrogens with zero attached hydrogens (tertiary/aromatic N) is 2. The molecule has 1 saturated heterocycles. The zero-order chi connectivity index (χ0) is 28.7. The van der Waals surface area contributed by atoms with Gasteiger partial charge in [-0.2, -0.15) is 0 Å². The van der Waals surface area contributed by atoms with Crippen molar-refractivity contribution in [2.75, 3.05) is 26.7 Å². The summed E-state index contributed by atoms with van der Waals surface area (Å²) in [4.78, 5) is 42.8. The van der Waals surface area contributed by atoms with E-state index in [9.17, 15) is 14.4 Å². The van der Waals surface area contributed by atoms with Gasteiger partial charge in [0.2, 0.25) is 5.91 Å². The quantitative estimate of drug-likeness (QED) is 0.286. The molecule has 2 aliphatic heterocycles. The predicted octanol–water partition coefficient (Wildman–Crippen LogP) is 4.98. The number of carbonyl (C=O) groups excluding carboxylic acids is 3. The van der Waals surface area contributed by atoms with Gasteiger partial charge < -0.3 is 14.4 Å². The minimum atomic E-state index is -0.172. The van der Waals surface area contributed by atoms with E-state index in [-0.39, 0.29) is 35.0 Å². The second-order valence-corrected chi connectivity index (χ2v) is 12.3. The summed E-state index contributed by atoms with van der Waals surface area (Å²) in [6.07, 6.45) is 5.90. The number of piperidine rings is 1. The smallest absolute Gasteiger partial charge is 0.222 e. The van der Waals surface area contributed by atoms with E-state index in [2.05, 4.69) is 22.8 Å². The molecule has 2 aliphatic carbocycles. The first kappa shape index (κ1) is 28.0. The topological polar surface area (TPSA) is 76.2 Å². The van der Waals surface area contributed by atoms with E-state index in [4.69, 9.17) is 9.47 Å². The fraction of sp³-hybridized carbons (Fsp3) is 0.559. The number of benzene rings is 2. The molecule has 1 spiro atoms. The first-order valence-electron chi connectivity index (χ1n) is 15.4. The first-order valence-corrected chi connectivity index (χ1v) is 15.4. The molecule has 6 rings (SSSR count). The van der Waals surface area contributed by atoms with Gasteiger partial charge in [-0.1, -0.05) is 36.4 Å². The Balaban J connectivity index is 1.22. The fourth-order valence-corrected chi connectivity index (χ4v) is 8.62. The normalized spacial score (nSPS) is 27.5. The van der Waals surface area contributed by atoms with Gasteiger partial charge >= 0.3 is 0 Å². The molecule has 7 heteroatoms. The molecule has 0 aromatic heterocycles. The van der Waals surface area contributed by atoms with Crippen molar-refractivity contribution in [1.29, 1.82) is 0 Å². The van der Waals surface area contributed by atoms with Gasteiger partial charge in [0.05, 0.1) is 19.7 Å². The Hall–Kier alpha value is -3.19. The van der Waals surface area contributed by atoms with Crippen LogP contribution in [0.5, 0.6) is 11.5 Å². The van der Waals surface area contributed by atoms with E-state index < -0.39 is 0 Å². The molecule has 7 nitrogen and oxygen atoms in total. The van der Waals surface area contributed by atoms with Gasteiger partial charge in [-0.05, 0) is 76.5 Å². The summed E-state index contributed by atoms with van der Waals surface area (Å²) < 4.78 is 12.7. The van der Waals surface area contributed by atoms with Crippen LogP contribution in [0.3, 0.4) is 0 Å². The Morgan fingerprint density at radius 1 is 1.07 bits per heavy atom. The summed E-state index contributed by atoms with van der Waals surface area (Å²) in [6.45, 7) is 5.74. The maximum Gasteiger partial charge on any atom is 0.222 e.